The van der Waals surface area contributed by atoms with E-state index in [1.165, 1.54) is 4.90 Å². The summed E-state index contributed by atoms with van der Waals surface area (Å²) in [4.78, 5) is 35.0. The van der Waals surface area contributed by atoms with E-state index in [0.717, 1.165) is 5.56 Å². The van der Waals surface area contributed by atoms with Gasteiger partial charge in [-0.1, -0.05) is 30.3 Å². The third kappa shape index (κ3) is 2.34. The third-order valence-electron chi connectivity index (χ3n) is 6.60. The molecule has 4 heterocycles. The molecule has 9 nitrogen and oxygen atoms in total. The van der Waals surface area contributed by atoms with Gasteiger partial charge in [0, 0.05) is 24.4 Å². The number of pyridine rings is 1. The van der Waals surface area contributed by atoms with Crippen LogP contribution in [0.4, 0.5) is 21.0 Å². The lowest BCUT2D eigenvalue weighted by atomic mass is 9.86. The predicted molar refractivity (Wildman–Crippen MR) is 122 cm³/mol. The van der Waals surface area contributed by atoms with Crippen molar-refractivity contribution in [2.24, 2.45) is 0 Å². The molecule has 2 saturated heterocycles. The van der Waals surface area contributed by atoms with Crippen molar-refractivity contribution in [1.82, 2.24) is 10.3 Å². The highest BCUT2D eigenvalue weighted by Gasteiger charge is 2.82. The van der Waals surface area contributed by atoms with E-state index in [0.29, 0.717) is 29.4 Å². The molecule has 9 heteroatoms. The Morgan fingerprint density at radius 3 is 2.56 bits per heavy atom. The number of carbonyl (C=O) groups is 2. The largest absolute Gasteiger partial charge is 0.497 e. The Morgan fingerprint density at radius 1 is 1.06 bits per heavy atom. The number of nitrogens with one attached hydrogen (secondary N) is 1. The van der Waals surface area contributed by atoms with Gasteiger partial charge >= 0.3 is 12.1 Å². The maximum Gasteiger partial charge on any atom is 0.411 e. The van der Waals surface area contributed by atoms with Crippen molar-refractivity contribution in [3.8, 4) is 5.75 Å². The molecule has 3 aromatic rings. The number of carbonyl (C=O) groups excluding carboxylic acids is 2. The van der Waals surface area contributed by atoms with Crippen LogP contribution in [-0.2, 0) is 15.2 Å². The summed E-state index contributed by atoms with van der Waals surface area (Å²) in [5.74, 6) is 0.575. The molecule has 0 saturated carbocycles. The molecular weight excluding hydrogens is 436 g/mol. The van der Waals surface area contributed by atoms with Crippen LogP contribution < -0.4 is 19.9 Å². The molecule has 3 amide bonds. The van der Waals surface area contributed by atoms with Crippen LogP contribution in [0.2, 0.25) is 0 Å². The number of benzene rings is 2. The number of amides is 3. The standard InChI is InChI=1S/C25H22N4O5/c1-3-33-21-18-13-12-17(32-2)15-19(18)29-23(31)28(16-9-5-4-6-10-16)25(20-11-7-8-14-26-20)24(21,29)27-22(30)34-25/h4-15,21H,3H2,1-2H3,(H,27,30). The highest BCUT2D eigenvalue weighted by atomic mass is 16.6. The van der Waals surface area contributed by atoms with Crippen LogP contribution in [-0.4, -0.2) is 36.5 Å². The van der Waals surface area contributed by atoms with E-state index in [1.54, 1.807) is 54.6 Å². The van der Waals surface area contributed by atoms with E-state index < -0.39 is 23.6 Å². The van der Waals surface area contributed by atoms with E-state index in [-0.39, 0.29) is 6.03 Å². The molecule has 0 aliphatic carbocycles. The lowest BCUT2D eigenvalue weighted by Crippen LogP contribution is -2.64. The van der Waals surface area contributed by atoms with Crippen LogP contribution in [0.3, 0.4) is 0 Å². The van der Waals surface area contributed by atoms with Gasteiger partial charge in [-0.3, -0.25) is 15.2 Å². The van der Waals surface area contributed by atoms with Crippen molar-refractivity contribution in [2.45, 2.75) is 24.4 Å². The van der Waals surface area contributed by atoms with Crippen molar-refractivity contribution < 1.29 is 23.8 Å². The second-order valence-electron chi connectivity index (χ2n) is 8.19. The average Bonchev–Trinajstić information content (AvgIpc) is 3.39. The topological polar surface area (TPSA) is 93.2 Å². The highest BCUT2D eigenvalue weighted by molar-refractivity contribution is 6.13. The molecule has 3 aliphatic heterocycles. The molecule has 172 valence electrons. The Labute approximate surface area is 195 Å². The lowest BCUT2D eigenvalue weighted by molar-refractivity contribution is -0.0667. The third-order valence-corrected chi connectivity index (χ3v) is 6.60. The fourth-order valence-corrected chi connectivity index (χ4v) is 5.40. The van der Waals surface area contributed by atoms with Gasteiger partial charge in [0.15, 0.2) is 0 Å². The molecule has 1 aromatic heterocycles. The number of hydrogen-bond acceptors (Lipinski definition) is 6. The Balaban J connectivity index is 1.71. The molecule has 34 heavy (non-hydrogen) atoms. The minimum atomic E-state index is -1.64. The van der Waals surface area contributed by atoms with E-state index in [4.69, 9.17) is 14.2 Å². The fraction of sp³-hybridized carbons (Fsp3) is 0.240. The summed E-state index contributed by atoms with van der Waals surface area (Å²) in [6.07, 6.45) is 0.208. The van der Waals surface area contributed by atoms with Crippen LogP contribution in [0.25, 0.3) is 0 Å². The quantitative estimate of drug-likeness (QED) is 0.623. The summed E-state index contributed by atoms with van der Waals surface area (Å²) in [6.45, 7) is 2.22. The summed E-state index contributed by atoms with van der Waals surface area (Å²) in [7, 11) is 1.56. The first kappa shape index (κ1) is 20.5. The van der Waals surface area contributed by atoms with E-state index in [1.807, 2.05) is 37.3 Å². The molecule has 3 unspecified atom stereocenters. The lowest BCUT2D eigenvalue weighted by Gasteiger charge is -2.41. The van der Waals surface area contributed by atoms with Gasteiger partial charge in [-0.25, -0.2) is 14.5 Å². The number of hydrogen-bond donors (Lipinski definition) is 1. The molecule has 6 rings (SSSR count). The van der Waals surface area contributed by atoms with Crippen molar-refractivity contribution in [3.63, 3.8) is 0 Å². The number of rotatable bonds is 5. The number of para-hydroxylation sites is 1. The Hall–Kier alpha value is -4.11. The summed E-state index contributed by atoms with van der Waals surface area (Å²) >= 11 is 0. The number of alkyl carbamates (subject to hydrolysis) is 1. The number of ether oxygens (including phenoxy) is 3. The monoisotopic (exact) mass is 458 g/mol. The van der Waals surface area contributed by atoms with E-state index >= 15 is 0 Å². The Bertz CT molecular complexity index is 1290. The number of anilines is 2. The minimum absolute atomic E-state index is 0.347. The molecule has 1 N–H and O–H groups in total. The van der Waals surface area contributed by atoms with Gasteiger partial charge in [-0.15, -0.1) is 0 Å². The van der Waals surface area contributed by atoms with Gasteiger partial charge in [0.25, 0.3) is 5.72 Å². The second kappa shape index (κ2) is 7.19. The maximum absolute atomic E-state index is 14.3. The number of nitrogens with zero attached hydrogens (tertiary/aromatic N) is 3. The van der Waals surface area contributed by atoms with Crippen molar-refractivity contribution in [1.29, 1.82) is 0 Å². The molecular formula is C25H22N4O5. The number of methoxy groups -OCH3 is 1. The first-order valence-electron chi connectivity index (χ1n) is 11.0. The fourth-order valence-electron chi connectivity index (χ4n) is 5.40. The van der Waals surface area contributed by atoms with Crippen molar-refractivity contribution >= 4 is 23.5 Å². The van der Waals surface area contributed by atoms with E-state index in [9.17, 15) is 9.59 Å². The Kier molecular flexibility index (Phi) is 4.34. The summed E-state index contributed by atoms with van der Waals surface area (Å²) < 4.78 is 17.8. The first-order chi connectivity index (χ1) is 16.6. The number of fused-ring (bicyclic) bond motifs is 2. The molecule has 0 bridgehead atoms. The first-order valence-corrected chi connectivity index (χ1v) is 11.0. The van der Waals surface area contributed by atoms with Gasteiger partial charge in [0.05, 0.1) is 18.5 Å². The smallest absolute Gasteiger partial charge is 0.411 e. The summed E-state index contributed by atoms with van der Waals surface area (Å²) in [5, 5.41) is 2.98. The summed E-state index contributed by atoms with van der Waals surface area (Å²) in [6, 6.07) is 19.5. The molecule has 2 fully saturated rings. The zero-order valence-electron chi connectivity index (χ0n) is 18.6. The predicted octanol–water partition coefficient (Wildman–Crippen LogP) is 3.92. The van der Waals surface area contributed by atoms with Crippen LogP contribution in [0.1, 0.15) is 24.3 Å². The molecule has 3 atom stereocenters. The average molecular weight is 458 g/mol. The normalized spacial score (nSPS) is 26.6. The number of urea groups is 1. The molecule has 3 aliphatic rings. The number of aromatic nitrogens is 1. The molecule has 1 spiro atoms. The zero-order chi connectivity index (χ0) is 23.5. The van der Waals surface area contributed by atoms with Gasteiger partial charge in [-0.05, 0) is 37.3 Å². The summed E-state index contributed by atoms with van der Waals surface area (Å²) in [5.41, 5.74) is -0.811. The van der Waals surface area contributed by atoms with Gasteiger partial charge < -0.3 is 14.2 Å². The van der Waals surface area contributed by atoms with Crippen LogP contribution in [0.5, 0.6) is 5.75 Å². The SMILES string of the molecule is CCOC1c2ccc(OC)cc2N2C(=O)N(c3ccccc3)C3(c4ccccn4)OC(=O)NC123. The maximum atomic E-state index is 14.3. The van der Waals surface area contributed by atoms with Crippen LogP contribution in [0.15, 0.2) is 72.9 Å². The van der Waals surface area contributed by atoms with Crippen LogP contribution >= 0.6 is 0 Å². The Morgan fingerprint density at radius 2 is 1.85 bits per heavy atom. The zero-order valence-corrected chi connectivity index (χ0v) is 18.6. The van der Waals surface area contributed by atoms with Crippen molar-refractivity contribution in [3.05, 3.63) is 84.2 Å². The van der Waals surface area contributed by atoms with Gasteiger partial charge in [-0.2, -0.15) is 0 Å². The van der Waals surface area contributed by atoms with E-state index in [2.05, 4.69) is 10.3 Å². The van der Waals surface area contributed by atoms with Crippen LogP contribution in [0, 0.1) is 0 Å². The van der Waals surface area contributed by atoms with Gasteiger partial charge in [0.1, 0.15) is 17.5 Å². The second-order valence-corrected chi connectivity index (χ2v) is 8.19. The minimum Gasteiger partial charge on any atom is -0.497 e. The highest BCUT2D eigenvalue weighted by Crippen LogP contribution is 2.64. The van der Waals surface area contributed by atoms with Gasteiger partial charge in [0.2, 0.25) is 5.66 Å². The molecule has 0 radical (unpaired) electrons. The van der Waals surface area contributed by atoms with Crippen molar-refractivity contribution in [2.75, 3.05) is 23.5 Å². The molecule has 2 aromatic carbocycles.